The van der Waals surface area contributed by atoms with Crippen molar-refractivity contribution in [3.8, 4) is 28.7 Å². The largest absolute Gasteiger partial charge is 0.504 e. The van der Waals surface area contributed by atoms with E-state index in [0.29, 0.717) is 17.1 Å². The van der Waals surface area contributed by atoms with Crippen molar-refractivity contribution in [2.45, 2.75) is 26.1 Å². The van der Waals surface area contributed by atoms with Crippen molar-refractivity contribution in [2.24, 2.45) is 5.92 Å². The van der Waals surface area contributed by atoms with Crippen molar-refractivity contribution in [2.75, 3.05) is 21.0 Å². The molecule has 8 heteroatoms. The molecule has 3 rings (SSSR count). The SMILES string of the molecule is COc1cc(C(OC(=O)c2ccc3c(c2)OCO3)C(C)C(C)O)cc(O)c1OC. The van der Waals surface area contributed by atoms with Crippen molar-refractivity contribution in [3.63, 3.8) is 0 Å². The number of phenolic OH excluding ortho intramolecular Hbond substituents is 1. The number of aliphatic hydroxyl groups is 1. The molecule has 0 spiro atoms. The van der Waals surface area contributed by atoms with Gasteiger partial charge in [0.25, 0.3) is 0 Å². The summed E-state index contributed by atoms with van der Waals surface area (Å²) < 4.78 is 26.7. The molecule has 156 valence electrons. The Labute approximate surface area is 168 Å². The summed E-state index contributed by atoms with van der Waals surface area (Å²) in [5.74, 6) is 0.235. The lowest BCUT2D eigenvalue weighted by Crippen LogP contribution is -2.25. The van der Waals surface area contributed by atoms with Crippen LogP contribution in [0.3, 0.4) is 0 Å². The van der Waals surface area contributed by atoms with E-state index in [1.165, 1.54) is 20.3 Å². The number of ether oxygens (including phenoxy) is 5. The first-order chi connectivity index (χ1) is 13.8. The number of aliphatic hydroxyl groups excluding tert-OH is 1. The molecular formula is C21H24O8. The second kappa shape index (κ2) is 8.48. The first-order valence-corrected chi connectivity index (χ1v) is 9.09. The van der Waals surface area contributed by atoms with Crippen LogP contribution in [0.2, 0.25) is 0 Å². The number of hydrogen-bond acceptors (Lipinski definition) is 8. The van der Waals surface area contributed by atoms with E-state index in [1.54, 1.807) is 38.1 Å². The van der Waals surface area contributed by atoms with Gasteiger partial charge in [-0.15, -0.1) is 0 Å². The van der Waals surface area contributed by atoms with Crippen LogP contribution in [0.15, 0.2) is 30.3 Å². The van der Waals surface area contributed by atoms with Gasteiger partial charge < -0.3 is 33.9 Å². The molecule has 0 amide bonds. The molecule has 1 aliphatic heterocycles. The van der Waals surface area contributed by atoms with Crippen molar-refractivity contribution in [1.82, 2.24) is 0 Å². The van der Waals surface area contributed by atoms with Crippen LogP contribution >= 0.6 is 0 Å². The highest BCUT2D eigenvalue weighted by atomic mass is 16.7. The maximum absolute atomic E-state index is 12.8. The molecule has 3 atom stereocenters. The van der Waals surface area contributed by atoms with Gasteiger partial charge in [-0.05, 0) is 37.3 Å². The van der Waals surface area contributed by atoms with Gasteiger partial charge in [0, 0.05) is 11.5 Å². The molecule has 3 unspecified atom stereocenters. The zero-order valence-electron chi connectivity index (χ0n) is 16.7. The van der Waals surface area contributed by atoms with Gasteiger partial charge in [-0.3, -0.25) is 0 Å². The standard InChI is InChI=1S/C21H24O8/c1-11(12(2)22)19(14-7-15(23)20(26-4)18(9-14)25-3)29-21(24)13-5-6-16-17(8-13)28-10-27-16/h5-9,11-12,19,22-23H,10H2,1-4H3. The highest BCUT2D eigenvalue weighted by molar-refractivity contribution is 5.90. The molecule has 0 bridgehead atoms. The lowest BCUT2D eigenvalue weighted by atomic mass is 9.92. The Bertz CT molecular complexity index is 892. The molecule has 2 aromatic carbocycles. The zero-order chi connectivity index (χ0) is 21.1. The number of aromatic hydroxyl groups is 1. The minimum atomic E-state index is -0.848. The average molecular weight is 404 g/mol. The molecule has 1 heterocycles. The molecule has 1 aliphatic rings. The number of phenols is 1. The molecule has 0 fully saturated rings. The van der Waals surface area contributed by atoms with Crippen LogP contribution in [0.1, 0.15) is 35.9 Å². The summed E-state index contributed by atoms with van der Waals surface area (Å²) >= 11 is 0. The van der Waals surface area contributed by atoms with E-state index in [-0.39, 0.29) is 29.6 Å². The van der Waals surface area contributed by atoms with Crippen molar-refractivity contribution < 1.29 is 38.7 Å². The fourth-order valence-corrected chi connectivity index (χ4v) is 3.07. The fraction of sp³-hybridized carbons (Fsp3) is 0.381. The summed E-state index contributed by atoms with van der Waals surface area (Å²) in [6.45, 7) is 3.45. The van der Waals surface area contributed by atoms with Crippen LogP contribution in [0.5, 0.6) is 28.7 Å². The van der Waals surface area contributed by atoms with Gasteiger partial charge >= 0.3 is 5.97 Å². The number of fused-ring (bicyclic) bond motifs is 1. The van der Waals surface area contributed by atoms with E-state index in [9.17, 15) is 15.0 Å². The van der Waals surface area contributed by atoms with Crippen LogP contribution in [-0.4, -0.2) is 43.3 Å². The maximum Gasteiger partial charge on any atom is 0.338 e. The number of methoxy groups -OCH3 is 2. The first kappa shape index (κ1) is 20.6. The van der Waals surface area contributed by atoms with Crippen LogP contribution in [0, 0.1) is 5.92 Å². The lowest BCUT2D eigenvalue weighted by Gasteiger charge is -2.27. The van der Waals surface area contributed by atoms with E-state index in [2.05, 4.69) is 0 Å². The fourth-order valence-electron chi connectivity index (χ4n) is 3.07. The highest BCUT2D eigenvalue weighted by Gasteiger charge is 2.30. The monoisotopic (exact) mass is 404 g/mol. The Balaban J connectivity index is 1.94. The summed E-state index contributed by atoms with van der Waals surface area (Å²) in [5.41, 5.74) is 0.740. The van der Waals surface area contributed by atoms with Crippen LogP contribution in [-0.2, 0) is 4.74 Å². The average Bonchev–Trinajstić information content (AvgIpc) is 3.18. The molecule has 0 radical (unpaired) electrons. The second-order valence-corrected chi connectivity index (χ2v) is 6.77. The minimum absolute atomic E-state index is 0.0977. The van der Waals surface area contributed by atoms with Crippen molar-refractivity contribution in [1.29, 1.82) is 0 Å². The Kier molecular flexibility index (Phi) is 6.03. The van der Waals surface area contributed by atoms with E-state index >= 15 is 0 Å². The number of rotatable bonds is 7. The number of carbonyl (C=O) groups excluding carboxylic acids is 1. The van der Waals surface area contributed by atoms with Crippen molar-refractivity contribution >= 4 is 5.97 Å². The third-order valence-electron chi connectivity index (χ3n) is 4.89. The van der Waals surface area contributed by atoms with E-state index in [1.807, 2.05) is 0 Å². The van der Waals surface area contributed by atoms with Gasteiger partial charge in [0.05, 0.1) is 25.9 Å². The van der Waals surface area contributed by atoms with Crippen molar-refractivity contribution in [3.05, 3.63) is 41.5 Å². The van der Waals surface area contributed by atoms with E-state index in [0.717, 1.165) is 0 Å². The molecule has 0 saturated carbocycles. The van der Waals surface area contributed by atoms with Gasteiger partial charge in [-0.25, -0.2) is 4.79 Å². The normalized spacial score (nSPS) is 15.3. The molecule has 8 nitrogen and oxygen atoms in total. The van der Waals surface area contributed by atoms with Gasteiger partial charge in [0.1, 0.15) is 6.10 Å². The van der Waals surface area contributed by atoms with Crippen LogP contribution in [0.25, 0.3) is 0 Å². The van der Waals surface area contributed by atoms with E-state index < -0.39 is 24.1 Å². The summed E-state index contributed by atoms with van der Waals surface area (Å²) in [7, 11) is 2.85. The Morgan fingerprint density at radius 3 is 2.45 bits per heavy atom. The predicted molar refractivity (Wildman–Crippen MR) is 103 cm³/mol. The molecule has 2 N–H and O–H groups in total. The molecule has 0 saturated heterocycles. The van der Waals surface area contributed by atoms with Gasteiger partial charge in [0.2, 0.25) is 12.5 Å². The molecule has 2 aromatic rings. The van der Waals surface area contributed by atoms with E-state index in [4.69, 9.17) is 23.7 Å². The smallest absolute Gasteiger partial charge is 0.338 e. The quantitative estimate of drug-likeness (QED) is 0.679. The summed E-state index contributed by atoms with van der Waals surface area (Å²) in [5, 5.41) is 20.4. The summed E-state index contributed by atoms with van der Waals surface area (Å²) in [6.07, 6.45) is -1.63. The topological polar surface area (TPSA) is 104 Å². The number of carbonyl (C=O) groups is 1. The summed E-state index contributed by atoms with van der Waals surface area (Å²) in [6, 6.07) is 7.79. The zero-order valence-corrected chi connectivity index (χ0v) is 16.7. The maximum atomic E-state index is 12.8. The Morgan fingerprint density at radius 2 is 1.79 bits per heavy atom. The molecule has 0 aromatic heterocycles. The third-order valence-corrected chi connectivity index (χ3v) is 4.89. The van der Waals surface area contributed by atoms with Gasteiger partial charge in [-0.2, -0.15) is 0 Å². The molecule has 0 aliphatic carbocycles. The highest BCUT2D eigenvalue weighted by Crippen LogP contribution is 2.42. The van der Waals surface area contributed by atoms with Gasteiger partial charge in [0.15, 0.2) is 23.0 Å². The number of hydrogen-bond donors (Lipinski definition) is 2. The molecular weight excluding hydrogens is 380 g/mol. The van der Waals surface area contributed by atoms with Gasteiger partial charge in [-0.1, -0.05) is 6.92 Å². The predicted octanol–water partition coefficient (Wildman–Crippen LogP) is 3.05. The minimum Gasteiger partial charge on any atom is -0.504 e. The third kappa shape index (κ3) is 4.17. The molecule has 29 heavy (non-hydrogen) atoms. The Morgan fingerprint density at radius 1 is 1.07 bits per heavy atom. The second-order valence-electron chi connectivity index (χ2n) is 6.77. The summed E-state index contributed by atoms with van der Waals surface area (Å²) in [4.78, 5) is 12.8. The Hall–Kier alpha value is -3.13. The van der Waals surface area contributed by atoms with Crippen LogP contribution in [0.4, 0.5) is 0 Å². The first-order valence-electron chi connectivity index (χ1n) is 9.09. The lowest BCUT2D eigenvalue weighted by molar-refractivity contribution is -0.0103. The van der Waals surface area contributed by atoms with Crippen LogP contribution < -0.4 is 18.9 Å². The number of benzene rings is 2. The number of esters is 1.